The minimum absolute atomic E-state index is 0. The number of carboxylic acid groups (broad SMARTS) is 3. The van der Waals surface area contributed by atoms with Gasteiger partial charge in [-0.2, -0.15) is 0 Å². The molecule has 0 unspecified atom stereocenters. The predicted molar refractivity (Wildman–Crippen MR) is 129 cm³/mol. The third kappa shape index (κ3) is 52.7. The molecule has 0 bridgehead atoms. The molecule has 7 heteroatoms. The van der Waals surface area contributed by atoms with E-state index in [2.05, 4.69) is 41.5 Å². The van der Waals surface area contributed by atoms with Gasteiger partial charge >= 0.3 is 17.1 Å². The number of unbranched alkanes of at least 4 members (excludes halogenated alkanes) is 6. The largest absolute Gasteiger partial charge is 3.00 e. The first-order valence-corrected chi connectivity index (χ1v) is 13.0. The molecule has 0 saturated carbocycles. The van der Waals surface area contributed by atoms with Crippen LogP contribution in [-0.2, 0) is 31.5 Å². The van der Waals surface area contributed by atoms with Gasteiger partial charge in [0.25, 0.3) is 0 Å². The molecule has 203 valence electrons. The van der Waals surface area contributed by atoms with Crippen LogP contribution in [0.5, 0.6) is 0 Å². The number of carbonyl (C=O) groups is 3. The summed E-state index contributed by atoms with van der Waals surface area (Å²) in [5.74, 6) is -0.562. The van der Waals surface area contributed by atoms with Crippen LogP contribution in [0.25, 0.3) is 0 Å². The average molecular weight is 528 g/mol. The van der Waals surface area contributed by atoms with Crippen LogP contribution in [0.3, 0.4) is 0 Å². The summed E-state index contributed by atoms with van der Waals surface area (Å²) in [6.45, 7) is 13.1. The van der Waals surface area contributed by atoms with Crippen LogP contribution < -0.4 is 15.3 Å². The van der Waals surface area contributed by atoms with Crippen molar-refractivity contribution in [3.63, 3.8) is 0 Å². The summed E-state index contributed by atoms with van der Waals surface area (Å²) in [6.07, 6.45) is 13.1. The van der Waals surface area contributed by atoms with Gasteiger partial charge in [-0.15, -0.1) is 0 Å². The van der Waals surface area contributed by atoms with Gasteiger partial charge in [-0.05, 0) is 56.3 Å². The van der Waals surface area contributed by atoms with Gasteiger partial charge in [-0.3, -0.25) is 0 Å². The van der Waals surface area contributed by atoms with Gasteiger partial charge in [-0.25, -0.2) is 0 Å². The van der Waals surface area contributed by atoms with Crippen LogP contribution in [0.2, 0.25) is 0 Å². The molecule has 6 nitrogen and oxygen atoms in total. The predicted octanol–water partition coefficient (Wildman–Crippen LogP) is 4.03. The zero-order chi connectivity index (χ0) is 26.1. The van der Waals surface area contributed by atoms with Crippen LogP contribution in [0.1, 0.15) is 138 Å². The molecule has 0 amide bonds. The van der Waals surface area contributed by atoms with E-state index < -0.39 is 17.9 Å². The van der Waals surface area contributed by atoms with E-state index in [1.54, 1.807) is 0 Å². The fourth-order valence-corrected chi connectivity index (χ4v) is 3.00. The number of rotatable bonds is 18. The van der Waals surface area contributed by atoms with E-state index in [9.17, 15) is 29.7 Å². The maximum atomic E-state index is 9.99. The van der Waals surface area contributed by atoms with E-state index >= 15 is 0 Å². The Hall–Kier alpha value is -1.07. The van der Waals surface area contributed by atoms with Gasteiger partial charge in [0, 0.05) is 17.9 Å². The first-order valence-electron chi connectivity index (χ1n) is 13.0. The Kier molecular flexibility index (Phi) is 35.3. The summed E-state index contributed by atoms with van der Waals surface area (Å²) >= 11 is 0. The van der Waals surface area contributed by atoms with Crippen molar-refractivity contribution in [2.24, 2.45) is 17.8 Å². The Morgan fingerprint density at radius 3 is 0.794 bits per heavy atom. The number of aliphatic carboxylic acids is 3. The molecule has 0 aromatic rings. The molecule has 0 spiro atoms. The number of hydrogen-bond donors (Lipinski definition) is 0. The minimum Gasteiger partial charge on any atom is -0.550 e. The molecule has 0 fully saturated rings. The van der Waals surface area contributed by atoms with Gasteiger partial charge in [0.1, 0.15) is 0 Å². The van der Waals surface area contributed by atoms with E-state index in [-0.39, 0.29) is 36.3 Å². The second-order valence-electron chi connectivity index (χ2n) is 10.1. The molecule has 0 N–H and O–H groups in total. The Morgan fingerprint density at radius 1 is 0.441 bits per heavy atom. The molecule has 1 radical (unpaired) electrons. The third-order valence-corrected chi connectivity index (χ3v) is 4.99. The third-order valence-electron chi connectivity index (χ3n) is 4.99. The standard InChI is InChI=1S/3C9H18O2.Fe/c3*1-8(2)6-4-3-5-7-9(10)11;/h3*8H,3-7H2,1-2H3,(H,10,11);/q;;;+3/p-3. The SMILES string of the molecule is CC(C)CCCCCC(=O)[O-].CC(C)CCCCCC(=O)[O-].CC(C)CCCCCC(=O)[O-].[Fe+3]. The zero-order valence-electron chi connectivity index (χ0n) is 22.6. The molecule has 0 aromatic carbocycles. The summed E-state index contributed by atoms with van der Waals surface area (Å²) in [5.41, 5.74) is 0. The zero-order valence-corrected chi connectivity index (χ0v) is 23.7. The smallest absolute Gasteiger partial charge is 0.550 e. The summed E-state index contributed by atoms with van der Waals surface area (Å²) in [4.78, 5) is 30.0. The van der Waals surface area contributed by atoms with Gasteiger partial charge < -0.3 is 29.7 Å². The van der Waals surface area contributed by atoms with E-state index in [1.165, 1.54) is 19.3 Å². The second kappa shape index (κ2) is 30.0. The van der Waals surface area contributed by atoms with Gasteiger partial charge in [0.15, 0.2) is 0 Å². The van der Waals surface area contributed by atoms with Gasteiger partial charge in [0.05, 0.1) is 0 Å². The van der Waals surface area contributed by atoms with E-state index in [4.69, 9.17) is 0 Å². The molecule has 0 aliphatic rings. The van der Waals surface area contributed by atoms with Crippen molar-refractivity contribution in [2.75, 3.05) is 0 Å². The molecule has 0 rings (SSSR count). The Morgan fingerprint density at radius 2 is 0.647 bits per heavy atom. The number of carbonyl (C=O) groups excluding carboxylic acids is 3. The fraction of sp³-hybridized carbons (Fsp3) is 0.889. The Bertz CT molecular complexity index is 397. The number of hydrogen-bond acceptors (Lipinski definition) is 6. The molecular formula is C27H51FeO6. The van der Waals surface area contributed by atoms with Crippen LogP contribution in [0, 0.1) is 17.8 Å². The fourth-order valence-electron chi connectivity index (χ4n) is 3.00. The van der Waals surface area contributed by atoms with Crippen LogP contribution >= 0.6 is 0 Å². The maximum absolute atomic E-state index is 9.99. The van der Waals surface area contributed by atoms with Crippen LogP contribution in [0.15, 0.2) is 0 Å². The quantitative estimate of drug-likeness (QED) is 0.196. The Balaban J connectivity index is -0.000000196. The van der Waals surface area contributed by atoms with Crippen molar-refractivity contribution < 1.29 is 46.8 Å². The molecule has 0 aromatic heterocycles. The molecule has 0 atom stereocenters. The summed E-state index contributed by atoms with van der Waals surface area (Å²) in [5, 5.41) is 30.0. The second-order valence-corrected chi connectivity index (χ2v) is 10.1. The molecule has 0 aliphatic carbocycles. The Labute approximate surface area is 220 Å². The minimum atomic E-state index is -0.922. The summed E-state index contributed by atoms with van der Waals surface area (Å²) in [7, 11) is 0. The molecule has 34 heavy (non-hydrogen) atoms. The van der Waals surface area contributed by atoms with Gasteiger partial charge in [-0.1, -0.05) is 99.3 Å². The van der Waals surface area contributed by atoms with Gasteiger partial charge in [0.2, 0.25) is 0 Å². The van der Waals surface area contributed by atoms with Crippen molar-refractivity contribution in [3.05, 3.63) is 0 Å². The monoisotopic (exact) mass is 527 g/mol. The first-order chi connectivity index (χ1) is 15.4. The average Bonchev–Trinajstić information content (AvgIpc) is 2.67. The van der Waals surface area contributed by atoms with E-state index in [0.717, 1.165) is 75.5 Å². The van der Waals surface area contributed by atoms with E-state index in [0.29, 0.717) is 0 Å². The molecule has 0 saturated heterocycles. The normalized spacial score (nSPS) is 10.1. The van der Waals surface area contributed by atoms with Crippen molar-refractivity contribution in [1.82, 2.24) is 0 Å². The van der Waals surface area contributed by atoms with Crippen LogP contribution in [0.4, 0.5) is 0 Å². The van der Waals surface area contributed by atoms with Crippen molar-refractivity contribution in [1.29, 1.82) is 0 Å². The molecular weight excluding hydrogens is 476 g/mol. The first kappa shape index (κ1) is 40.1. The van der Waals surface area contributed by atoms with E-state index in [1.807, 2.05) is 0 Å². The summed E-state index contributed by atoms with van der Waals surface area (Å²) in [6, 6.07) is 0. The summed E-state index contributed by atoms with van der Waals surface area (Å²) < 4.78 is 0. The maximum Gasteiger partial charge on any atom is 3.00 e. The van der Waals surface area contributed by atoms with Crippen molar-refractivity contribution in [2.45, 2.75) is 138 Å². The molecule has 0 heterocycles. The van der Waals surface area contributed by atoms with Crippen molar-refractivity contribution in [3.8, 4) is 0 Å². The van der Waals surface area contributed by atoms with Crippen LogP contribution in [-0.4, -0.2) is 17.9 Å². The van der Waals surface area contributed by atoms with Crippen molar-refractivity contribution >= 4 is 17.9 Å². The topological polar surface area (TPSA) is 120 Å². The molecule has 0 aliphatic heterocycles. The number of carboxylic acids is 3.